The highest BCUT2D eigenvalue weighted by Gasteiger charge is 2.17. The molecule has 0 bridgehead atoms. The molecule has 0 aliphatic carbocycles. The molecule has 0 aliphatic rings. The normalized spacial score (nSPS) is 10.5. The molecule has 0 fully saturated rings. The minimum absolute atomic E-state index is 0.191. The molecular weight excluding hydrogens is 348 g/mol. The number of benzene rings is 2. The van der Waals surface area contributed by atoms with Crippen molar-refractivity contribution in [3.63, 3.8) is 0 Å². The van der Waals surface area contributed by atoms with E-state index in [1.165, 1.54) is 11.3 Å². The summed E-state index contributed by atoms with van der Waals surface area (Å²) in [7, 11) is 0. The van der Waals surface area contributed by atoms with Gasteiger partial charge in [-0.15, -0.1) is 11.3 Å². The van der Waals surface area contributed by atoms with Crippen LogP contribution in [0.5, 0.6) is 5.75 Å². The lowest BCUT2D eigenvalue weighted by atomic mass is 10.2. The average Bonchev–Trinajstić information content (AvgIpc) is 2.92. The maximum atomic E-state index is 12.4. The van der Waals surface area contributed by atoms with E-state index in [2.05, 4.69) is 5.32 Å². The standard InChI is InChI=1S/C17H13ClN2O3S/c18-15-12-3-1-2-4-13(12)24-16(15)17(22)20-10-5-7-11(8-6-10)23-9-14(19)21/h1-8H,9H2,(H2,19,21)(H,20,22). The molecule has 122 valence electrons. The van der Waals surface area contributed by atoms with E-state index in [0.717, 1.165) is 10.1 Å². The fourth-order valence-corrected chi connectivity index (χ4v) is 3.55. The van der Waals surface area contributed by atoms with Gasteiger partial charge in [0.25, 0.3) is 11.8 Å². The summed E-state index contributed by atoms with van der Waals surface area (Å²) in [6.07, 6.45) is 0. The monoisotopic (exact) mass is 360 g/mol. The topological polar surface area (TPSA) is 81.4 Å². The molecule has 3 rings (SSSR count). The first-order valence-electron chi connectivity index (χ1n) is 7.04. The van der Waals surface area contributed by atoms with Crippen molar-refractivity contribution in [2.45, 2.75) is 0 Å². The zero-order chi connectivity index (χ0) is 17.1. The van der Waals surface area contributed by atoms with Crippen LogP contribution in [0.4, 0.5) is 5.69 Å². The summed E-state index contributed by atoms with van der Waals surface area (Å²) in [6.45, 7) is -0.191. The molecule has 0 saturated carbocycles. The quantitative estimate of drug-likeness (QED) is 0.728. The van der Waals surface area contributed by atoms with Gasteiger partial charge in [-0.05, 0) is 30.3 Å². The number of hydrogen-bond acceptors (Lipinski definition) is 4. The molecule has 0 spiro atoms. The summed E-state index contributed by atoms with van der Waals surface area (Å²) in [5, 5.41) is 4.11. The molecule has 24 heavy (non-hydrogen) atoms. The van der Waals surface area contributed by atoms with Crippen LogP contribution in [-0.2, 0) is 4.79 Å². The van der Waals surface area contributed by atoms with E-state index in [1.807, 2.05) is 24.3 Å². The molecule has 1 aromatic heterocycles. The molecule has 0 saturated heterocycles. The Morgan fingerprint density at radius 3 is 2.50 bits per heavy atom. The average molecular weight is 361 g/mol. The van der Waals surface area contributed by atoms with Gasteiger partial charge in [-0.25, -0.2) is 0 Å². The minimum atomic E-state index is -0.549. The highest BCUT2D eigenvalue weighted by atomic mass is 35.5. The molecule has 7 heteroatoms. The SMILES string of the molecule is NC(=O)COc1ccc(NC(=O)c2sc3ccccc3c2Cl)cc1. The highest BCUT2D eigenvalue weighted by molar-refractivity contribution is 7.21. The Labute approximate surface area is 147 Å². The summed E-state index contributed by atoms with van der Waals surface area (Å²) < 4.78 is 6.13. The number of amides is 2. The van der Waals surface area contributed by atoms with E-state index in [0.29, 0.717) is 21.3 Å². The zero-order valence-electron chi connectivity index (χ0n) is 12.4. The van der Waals surface area contributed by atoms with Crippen LogP contribution in [0.1, 0.15) is 9.67 Å². The molecule has 2 amide bonds. The van der Waals surface area contributed by atoms with Gasteiger partial charge in [0, 0.05) is 15.8 Å². The van der Waals surface area contributed by atoms with Crippen molar-refractivity contribution in [1.82, 2.24) is 0 Å². The zero-order valence-corrected chi connectivity index (χ0v) is 14.0. The van der Waals surface area contributed by atoms with Crippen LogP contribution < -0.4 is 15.8 Å². The van der Waals surface area contributed by atoms with Crippen LogP contribution >= 0.6 is 22.9 Å². The Morgan fingerprint density at radius 1 is 1.12 bits per heavy atom. The van der Waals surface area contributed by atoms with Gasteiger partial charge in [-0.2, -0.15) is 0 Å². The second-order valence-corrected chi connectivity index (χ2v) is 6.40. The van der Waals surface area contributed by atoms with E-state index in [1.54, 1.807) is 24.3 Å². The number of rotatable bonds is 5. The number of fused-ring (bicyclic) bond motifs is 1. The van der Waals surface area contributed by atoms with Crippen LogP contribution in [0.15, 0.2) is 48.5 Å². The summed E-state index contributed by atoms with van der Waals surface area (Å²) in [4.78, 5) is 23.6. The van der Waals surface area contributed by atoms with Crippen molar-refractivity contribution >= 4 is 50.5 Å². The van der Waals surface area contributed by atoms with Gasteiger partial charge in [0.2, 0.25) is 0 Å². The van der Waals surface area contributed by atoms with Crippen molar-refractivity contribution in [3.8, 4) is 5.75 Å². The van der Waals surface area contributed by atoms with Crippen molar-refractivity contribution in [2.24, 2.45) is 5.73 Å². The summed E-state index contributed by atoms with van der Waals surface area (Å²) in [5.41, 5.74) is 5.61. The Bertz CT molecular complexity index is 906. The molecule has 3 aromatic rings. The lowest BCUT2D eigenvalue weighted by Gasteiger charge is -2.06. The Kier molecular flexibility index (Phi) is 4.69. The van der Waals surface area contributed by atoms with Gasteiger partial charge >= 0.3 is 0 Å². The van der Waals surface area contributed by atoms with E-state index < -0.39 is 5.91 Å². The van der Waals surface area contributed by atoms with Crippen LogP contribution in [0.3, 0.4) is 0 Å². The first-order chi connectivity index (χ1) is 11.5. The number of thiophene rings is 1. The summed E-state index contributed by atoms with van der Waals surface area (Å²) >= 11 is 7.65. The van der Waals surface area contributed by atoms with E-state index in [9.17, 15) is 9.59 Å². The maximum Gasteiger partial charge on any atom is 0.267 e. The van der Waals surface area contributed by atoms with Crippen molar-refractivity contribution in [3.05, 3.63) is 58.4 Å². The summed E-state index contributed by atoms with van der Waals surface area (Å²) in [6, 6.07) is 14.2. The molecule has 3 N–H and O–H groups in total. The van der Waals surface area contributed by atoms with Crippen LogP contribution in [-0.4, -0.2) is 18.4 Å². The molecule has 0 atom stereocenters. The number of anilines is 1. The van der Waals surface area contributed by atoms with Crippen LogP contribution in [0.25, 0.3) is 10.1 Å². The first-order valence-corrected chi connectivity index (χ1v) is 8.23. The number of hydrogen-bond donors (Lipinski definition) is 2. The second kappa shape index (κ2) is 6.90. The molecule has 0 unspecified atom stereocenters. The molecule has 0 aliphatic heterocycles. The van der Waals surface area contributed by atoms with Gasteiger partial charge in [0.15, 0.2) is 6.61 Å². The number of nitrogens with one attached hydrogen (secondary N) is 1. The number of nitrogens with two attached hydrogens (primary N) is 1. The highest BCUT2D eigenvalue weighted by Crippen LogP contribution is 2.35. The number of primary amides is 1. The lowest BCUT2D eigenvalue weighted by molar-refractivity contribution is -0.119. The third-order valence-corrected chi connectivity index (χ3v) is 4.91. The van der Waals surface area contributed by atoms with Gasteiger partial charge < -0.3 is 15.8 Å². The van der Waals surface area contributed by atoms with Crippen molar-refractivity contribution < 1.29 is 14.3 Å². The van der Waals surface area contributed by atoms with E-state index >= 15 is 0 Å². The van der Waals surface area contributed by atoms with Crippen LogP contribution in [0, 0.1) is 0 Å². The fourth-order valence-electron chi connectivity index (χ4n) is 2.14. The number of halogens is 1. The number of ether oxygens (including phenoxy) is 1. The van der Waals surface area contributed by atoms with Crippen molar-refractivity contribution in [2.75, 3.05) is 11.9 Å². The lowest BCUT2D eigenvalue weighted by Crippen LogP contribution is -2.20. The smallest absolute Gasteiger partial charge is 0.267 e. The Morgan fingerprint density at radius 2 is 1.83 bits per heavy atom. The number of carbonyl (C=O) groups is 2. The predicted molar refractivity (Wildman–Crippen MR) is 95.9 cm³/mol. The van der Waals surface area contributed by atoms with Crippen molar-refractivity contribution in [1.29, 1.82) is 0 Å². The molecule has 1 heterocycles. The maximum absolute atomic E-state index is 12.4. The molecule has 2 aromatic carbocycles. The van der Waals surface area contributed by atoms with E-state index in [4.69, 9.17) is 22.1 Å². The predicted octanol–water partition coefficient (Wildman–Crippen LogP) is 3.67. The summed E-state index contributed by atoms with van der Waals surface area (Å²) in [5.74, 6) is -0.328. The largest absolute Gasteiger partial charge is 0.484 e. The molecular formula is C17H13ClN2O3S. The first kappa shape index (κ1) is 16.3. The molecule has 0 radical (unpaired) electrons. The third-order valence-electron chi connectivity index (χ3n) is 3.23. The third kappa shape index (κ3) is 3.50. The van der Waals surface area contributed by atoms with Gasteiger partial charge in [-0.1, -0.05) is 29.8 Å². The molecule has 5 nitrogen and oxygen atoms in total. The van der Waals surface area contributed by atoms with Gasteiger partial charge in [0.05, 0.1) is 5.02 Å². The fraction of sp³-hybridized carbons (Fsp3) is 0.0588. The van der Waals surface area contributed by atoms with Gasteiger partial charge in [-0.3, -0.25) is 9.59 Å². The van der Waals surface area contributed by atoms with Crippen LogP contribution in [0.2, 0.25) is 5.02 Å². The van der Waals surface area contributed by atoms with E-state index in [-0.39, 0.29) is 12.5 Å². The Hall–Kier alpha value is -2.57. The second-order valence-electron chi connectivity index (χ2n) is 4.97. The van der Waals surface area contributed by atoms with Gasteiger partial charge in [0.1, 0.15) is 10.6 Å². The Balaban J connectivity index is 1.74. The number of carbonyl (C=O) groups excluding carboxylic acids is 2. The minimum Gasteiger partial charge on any atom is -0.484 e.